The molecule has 0 N–H and O–H groups in total. The van der Waals surface area contributed by atoms with Gasteiger partial charge in [0.1, 0.15) is 5.60 Å². The van der Waals surface area contributed by atoms with Crippen LogP contribution in [0.4, 0.5) is 4.79 Å². The van der Waals surface area contributed by atoms with Gasteiger partial charge < -0.3 is 9.64 Å². The van der Waals surface area contributed by atoms with Gasteiger partial charge >= 0.3 is 6.09 Å². The molecule has 1 amide bonds. The fourth-order valence-corrected chi connectivity index (χ4v) is 4.52. The second-order valence-electron chi connectivity index (χ2n) is 8.50. The van der Waals surface area contributed by atoms with Crippen molar-refractivity contribution >= 4 is 17.9 Å². The average molecular weight is 413 g/mol. The number of ether oxygens (including phenoxy) is 1. The van der Waals surface area contributed by atoms with E-state index in [4.69, 9.17) is 4.74 Å². The van der Waals surface area contributed by atoms with Gasteiger partial charge in [-0.25, -0.2) is 4.79 Å². The zero-order valence-corrected chi connectivity index (χ0v) is 18.5. The van der Waals surface area contributed by atoms with Crippen LogP contribution in [0.5, 0.6) is 0 Å². The van der Waals surface area contributed by atoms with Crippen molar-refractivity contribution in [2.75, 3.05) is 25.4 Å². The highest BCUT2D eigenvalue weighted by atomic mass is 32.2. The number of carbonyl (C=O) groups excluding carboxylic acids is 1. The van der Waals surface area contributed by atoms with Crippen LogP contribution in [-0.2, 0) is 11.3 Å². The molecule has 0 bridgehead atoms. The summed E-state index contributed by atoms with van der Waals surface area (Å²) in [4.78, 5) is 18.5. The molecule has 1 aliphatic rings. The topological polar surface area (TPSA) is 32.8 Å². The van der Waals surface area contributed by atoms with E-state index < -0.39 is 5.60 Å². The number of carbonyl (C=O) groups is 1. The van der Waals surface area contributed by atoms with Gasteiger partial charge in [0.2, 0.25) is 0 Å². The summed E-state index contributed by atoms with van der Waals surface area (Å²) < 4.78 is 5.69. The summed E-state index contributed by atoms with van der Waals surface area (Å²) in [6.07, 6.45) is 0.760. The van der Waals surface area contributed by atoms with Gasteiger partial charge in [-0.3, -0.25) is 4.90 Å². The van der Waals surface area contributed by atoms with Crippen molar-refractivity contribution in [1.82, 2.24) is 9.80 Å². The van der Waals surface area contributed by atoms with Crippen LogP contribution in [0.3, 0.4) is 0 Å². The molecule has 1 aliphatic heterocycles. The molecule has 29 heavy (non-hydrogen) atoms. The molecule has 0 aliphatic carbocycles. The molecule has 2 aromatic rings. The quantitative estimate of drug-likeness (QED) is 0.604. The van der Waals surface area contributed by atoms with Crippen molar-refractivity contribution in [2.24, 2.45) is 0 Å². The van der Waals surface area contributed by atoms with Crippen molar-refractivity contribution in [2.45, 2.75) is 50.3 Å². The zero-order chi connectivity index (χ0) is 20.7. The minimum atomic E-state index is -0.471. The monoisotopic (exact) mass is 412 g/mol. The van der Waals surface area contributed by atoms with E-state index in [0.717, 1.165) is 31.8 Å². The molecule has 5 heteroatoms. The summed E-state index contributed by atoms with van der Waals surface area (Å²) >= 11 is 1.85. The third-order valence-electron chi connectivity index (χ3n) is 4.91. The highest BCUT2D eigenvalue weighted by Crippen LogP contribution is 2.23. The number of rotatable bonds is 6. The van der Waals surface area contributed by atoms with E-state index in [1.807, 2.05) is 49.6 Å². The predicted molar refractivity (Wildman–Crippen MR) is 120 cm³/mol. The minimum absolute atomic E-state index is 0.165. The van der Waals surface area contributed by atoms with E-state index in [9.17, 15) is 4.79 Å². The van der Waals surface area contributed by atoms with Crippen LogP contribution < -0.4 is 0 Å². The molecule has 0 spiro atoms. The number of hydrogen-bond donors (Lipinski definition) is 0. The molecular weight excluding hydrogens is 380 g/mol. The van der Waals surface area contributed by atoms with Gasteiger partial charge in [-0.05, 0) is 44.9 Å². The van der Waals surface area contributed by atoms with Crippen LogP contribution in [0.25, 0.3) is 0 Å². The van der Waals surface area contributed by atoms with Crippen molar-refractivity contribution < 1.29 is 9.53 Å². The van der Waals surface area contributed by atoms with Crippen molar-refractivity contribution in [3.05, 3.63) is 66.2 Å². The number of piperazine rings is 1. The van der Waals surface area contributed by atoms with Crippen molar-refractivity contribution in [1.29, 1.82) is 0 Å². The molecule has 1 saturated heterocycles. The molecule has 1 heterocycles. The van der Waals surface area contributed by atoms with Crippen molar-refractivity contribution in [3.63, 3.8) is 0 Å². The maximum atomic E-state index is 12.8. The van der Waals surface area contributed by atoms with Gasteiger partial charge in [-0.1, -0.05) is 48.5 Å². The normalized spacial score (nSPS) is 17.9. The number of benzene rings is 2. The first-order chi connectivity index (χ1) is 13.9. The molecule has 0 aromatic heterocycles. The maximum absolute atomic E-state index is 12.8. The van der Waals surface area contributed by atoms with Crippen LogP contribution in [0.1, 0.15) is 32.8 Å². The summed E-state index contributed by atoms with van der Waals surface area (Å²) in [5, 5.41) is 0. The van der Waals surface area contributed by atoms with E-state index in [-0.39, 0.29) is 12.1 Å². The van der Waals surface area contributed by atoms with Crippen molar-refractivity contribution in [3.8, 4) is 0 Å². The molecule has 1 fully saturated rings. The summed E-state index contributed by atoms with van der Waals surface area (Å²) in [5.41, 5.74) is 0.845. The Morgan fingerprint density at radius 2 is 1.69 bits per heavy atom. The molecule has 4 nitrogen and oxygen atoms in total. The van der Waals surface area contributed by atoms with Crippen LogP contribution in [0.2, 0.25) is 0 Å². The first kappa shape index (κ1) is 21.7. The Balaban J connectivity index is 1.62. The maximum Gasteiger partial charge on any atom is 0.410 e. The smallest absolute Gasteiger partial charge is 0.410 e. The van der Waals surface area contributed by atoms with E-state index in [1.54, 1.807) is 0 Å². The lowest BCUT2D eigenvalue weighted by molar-refractivity contribution is -0.00281. The second-order valence-corrected chi connectivity index (χ2v) is 9.67. The lowest BCUT2D eigenvalue weighted by Crippen LogP contribution is -2.56. The summed E-state index contributed by atoms with van der Waals surface area (Å²) in [5.74, 6) is 0.979. The molecule has 2 aromatic carbocycles. The van der Waals surface area contributed by atoms with Crippen LogP contribution in [0, 0.1) is 0 Å². The average Bonchev–Trinajstić information content (AvgIpc) is 2.68. The fraction of sp³-hybridized carbons (Fsp3) is 0.458. The molecule has 1 atom stereocenters. The largest absolute Gasteiger partial charge is 0.444 e. The zero-order valence-electron chi connectivity index (χ0n) is 17.7. The molecule has 0 unspecified atom stereocenters. The Hall–Kier alpha value is -1.98. The predicted octanol–water partition coefficient (Wildman–Crippen LogP) is 5.29. The van der Waals surface area contributed by atoms with Crippen LogP contribution in [0.15, 0.2) is 65.6 Å². The second kappa shape index (κ2) is 10.2. The first-order valence-electron chi connectivity index (χ1n) is 10.3. The molecular formula is C24H32N2O2S. The first-order valence-corrected chi connectivity index (χ1v) is 11.3. The summed E-state index contributed by atoms with van der Waals surface area (Å²) in [6.45, 7) is 9.16. The standard InChI is InChI=1S/C24H32N2O2S/c1-24(2,3)28-23(27)26-16-15-25(18-20-10-6-4-7-11-20)19-21(26)14-17-29-22-12-8-5-9-13-22/h4-13,21H,14-19H2,1-3H3/t21-/m0/s1. The Morgan fingerprint density at radius 3 is 2.34 bits per heavy atom. The van der Waals surface area contributed by atoms with Gasteiger partial charge in [0, 0.05) is 42.9 Å². The van der Waals surface area contributed by atoms with E-state index in [1.165, 1.54) is 10.5 Å². The summed E-state index contributed by atoms with van der Waals surface area (Å²) in [7, 11) is 0. The van der Waals surface area contributed by atoms with Gasteiger partial charge in [-0.15, -0.1) is 11.8 Å². The van der Waals surface area contributed by atoms with Crippen LogP contribution >= 0.6 is 11.8 Å². The molecule has 3 rings (SSSR count). The third-order valence-corrected chi connectivity index (χ3v) is 5.95. The molecule has 0 radical (unpaired) electrons. The Kier molecular flexibility index (Phi) is 7.62. The number of thioether (sulfide) groups is 1. The Labute approximate surface area is 179 Å². The lowest BCUT2D eigenvalue weighted by atomic mass is 10.1. The summed E-state index contributed by atoms with van der Waals surface area (Å²) in [6, 6.07) is 21.2. The number of nitrogens with zero attached hydrogens (tertiary/aromatic N) is 2. The minimum Gasteiger partial charge on any atom is -0.444 e. The molecule has 156 valence electrons. The van der Waals surface area contributed by atoms with Gasteiger partial charge in [0.15, 0.2) is 0 Å². The number of hydrogen-bond acceptors (Lipinski definition) is 4. The van der Waals surface area contributed by atoms with Gasteiger partial charge in [0.25, 0.3) is 0 Å². The highest BCUT2D eigenvalue weighted by molar-refractivity contribution is 7.99. The van der Waals surface area contributed by atoms with Gasteiger partial charge in [0.05, 0.1) is 0 Å². The van der Waals surface area contributed by atoms with E-state index >= 15 is 0 Å². The van der Waals surface area contributed by atoms with E-state index in [2.05, 4.69) is 53.4 Å². The Morgan fingerprint density at radius 1 is 1.03 bits per heavy atom. The SMILES string of the molecule is CC(C)(C)OC(=O)N1CCN(Cc2ccccc2)C[C@@H]1CCSc1ccccc1. The highest BCUT2D eigenvalue weighted by Gasteiger charge is 2.33. The third kappa shape index (κ3) is 7.09. The van der Waals surface area contributed by atoms with Gasteiger partial charge in [-0.2, -0.15) is 0 Å². The van der Waals surface area contributed by atoms with E-state index in [0.29, 0.717) is 6.54 Å². The number of amides is 1. The Bertz CT molecular complexity index is 761. The van der Waals surface area contributed by atoms with Crippen LogP contribution in [-0.4, -0.2) is 52.9 Å². The fourth-order valence-electron chi connectivity index (χ4n) is 3.54. The molecule has 0 saturated carbocycles. The lowest BCUT2D eigenvalue weighted by Gasteiger charge is -2.42.